The van der Waals surface area contributed by atoms with Gasteiger partial charge >= 0.3 is 6.18 Å². The van der Waals surface area contributed by atoms with Gasteiger partial charge in [0.05, 0.1) is 5.75 Å². The molecule has 7 heteroatoms. The van der Waals surface area contributed by atoms with Gasteiger partial charge in [-0.15, -0.1) is 0 Å². The Hall–Kier alpha value is -0.300. The molecule has 0 aliphatic rings. The zero-order chi connectivity index (χ0) is 12.8. The second-order valence-electron chi connectivity index (χ2n) is 3.74. The summed E-state index contributed by atoms with van der Waals surface area (Å²) in [6, 6.07) is 0. The molecule has 0 amide bonds. The molecule has 1 atom stereocenters. The Balaban J connectivity index is 3.75. The van der Waals surface area contributed by atoms with Gasteiger partial charge in [-0.05, 0) is 19.3 Å². The van der Waals surface area contributed by atoms with Gasteiger partial charge in [0, 0.05) is 6.42 Å². The van der Waals surface area contributed by atoms with Crippen LogP contribution in [0.15, 0.2) is 0 Å². The summed E-state index contributed by atoms with van der Waals surface area (Å²) in [5, 5.41) is -0.893. The second-order valence-corrected chi connectivity index (χ2v) is 6.08. The van der Waals surface area contributed by atoms with Gasteiger partial charge in [0.2, 0.25) is 0 Å². The van der Waals surface area contributed by atoms with Crippen molar-refractivity contribution in [1.82, 2.24) is 0 Å². The van der Waals surface area contributed by atoms with Crippen LogP contribution in [0.5, 0.6) is 0 Å². The molecule has 3 nitrogen and oxygen atoms in total. The topological polar surface area (TPSA) is 60.2 Å². The minimum Gasteiger partial charge on any atom is -0.315 e. The zero-order valence-electron chi connectivity index (χ0n) is 9.26. The molecule has 0 aliphatic carbocycles. The van der Waals surface area contributed by atoms with Crippen molar-refractivity contribution in [3.8, 4) is 0 Å². The van der Waals surface area contributed by atoms with Crippen molar-refractivity contribution in [3.63, 3.8) is 0 Å². The van der Waals surface area contributed by atoms with E-state index in [2.05, 4.69) is 0 Å². The van der Waals surface area contributed by atoms with Crippen molar-refractivity contribution >= 4 is 9.84 Å². The molecule has 0 heterocycles. The predicted octanol–water partition coefficient (Wildman–Crippen LogP) is 2.22. The van der Waals surface area contributed by atoms with Gasteiger partial charge < -0.3 is 5.73 Å². The number of alkyl halides is 3. The number of hydrogen-bond acceptors (Lipinski definition) is 3. The maximum atomic E-state index is 11.8. The highest BCUT2D eigenvalue weighted by Crippen LogP contribution is 2.22. The molecule has 98 valence electrons. The van der Waals surface area contributed by atoms with Crippen LogP contribution in [-0.2, 0) is 9.84 Å². The normalized spacial score (nSPS) is 15.1. The molecule has 0 radical (unpaired) electrons. The Morgan fingerprint density at radius 1 is 1.19 bits per heavy atom. The molecule has 2 N–H and O–H groups in total. The van der Waals surface area contributed by atoms with E-state index in [1.54, 1.807) is 6.92 Å². The van der Waals surface area contributed by atoms with E-state index in [4.69, 9.17) is 5.73 Å². The van der Waals surface area contributed by atoms with Crippen molar-refractivity contribution in [2.24, 2.45) is 5.73 Å². The average molecular weight is 261 g/mol. The van der Waals surface area contributed by atoms with E-state index >= 15 is 0 Å². The van der Waals surface area contributed by atoms with Gasteiger partial charge in [-0.2, -0.15) is 13.2 Å². The van der Waals surface area contributed by atoms with E-state index in [0.29, 0.717) is 6.42 Å². The maximum Gasteiger partial charge on any atom is 0.389 e. The number of halogens is 3. The Morgan fingerprint density at radius 3 is 2.19 bits per heavy atom. The fraction of sp³-hybridized carbons (Fsp3) is 1.00. The fourth-order valence-electron chi connectivity index (χ4n) is 1.21. The summed E-state index contributed by atoms with van der Waals surface area (Å²) in [7, 11) is -3.33. The first-order valence-electron chi connectivity index (χ1n) is 5.23. The maximum absolute atomic E-state index is 11.8. The molecular formula is C9H18F3NO2S. The first-order valence-corrected chi connectivity index (χ1v) is 6.94. The van der Waals surface area contributed by atoms with E-state index in [9.17, 15) is 21.6 Å². The third-order valence-electron chi connectivity index (χ3n) is 2.25. The van der Waals surface area contributed by atoms with E-state index < -0.39 is 27.8 Å². The van der Waals surface area contributed by atoms with E-state index in [1.807, 2.05) is 0 Å². The summed E-state index contributed by atoms with van der Waals surface area (Å²) >= 11 is 0. The molecule has 0 aromatic carbocycles. The molecule has 0 spiro atoms. The molecule has 0 bridgehead atoms. The number of unbranched alkanes of at least 4 members (excludes halogenated alkanes) is 2. The third kappa shape index (κ3) is 7.05. The molecular weight excluding hydrogens is 243 g/mol. The molecule has 0 fully saturated rings. The molecule has 0 saturated carbocycles. The monoisotopic (exact) mass is 261 g/mol. The molecule has 0 rings (SSSR count). The first-order chi connectivity index (χ1) is 7.19. The van der Waals surface area contributed by atoms with E-state index in [0.717, 1.165) is 0 Å². The molecule has 0 aliphatic heterocycles. The Morgan fingerprint density at radius 2 is 1.75 bits per heavy atom. The molecule has 0 aromatic heterocycles. The lowest BCUT2D eigenvalue weighted by atomic mass is 10.2. The molecule has 16 heavy (non-hydrogen) atoms. The quantitative estimate of drug-likeness (QED) is 0.715. The van der Waals surface area contributed by atoms with Crippen LogP contribution in [0.2, 0.25) is 0 Å². The van der Waals surface area contributed by atoms with Crippen LogP contribution in [0, 0.1) is 0 Å². The summed E-state index contributed by atoms with van der Waals surface area (Å²) < 4.78 is 58.0. The van der Waals surface area contributed by atoms with Crippen molar-refractivity contribution in [3.05, 3.63) is 0 Å². The first kappa shape index (κ1) is 15.7. The molecule has 1 unspecified atom stereocenters. The van der Waals surface area contributed by atoms with Gasteiger partial charge in [-0.1, -0.05) is 13.3 Å². The number of hydrogen-bond donors (Lipinski definition) is 1. The van der Waals surface area contributed by atoms with Gasteiger partial charge in [-0.25, -0.2) is 8.42 Å². The van der Waals surface area contributed by atoms with Gasteiger partial charge in [-0.3, -0.25) is 0 Å². The lowest BCUT2D eigenvalue weighted by Gasteiger charge is -2.10. The van der Waals surface area contributed by atoms with Crippen molar-refractivity contribution in [1.29, 1.82) is 0 Å². The van der Waals surface area contributed by atoms with E-state index in [1.165, 1.54) is 0 Å². The fourth-order valence-corrected chi connectivity index (χ4v) is 2.63. The van der Waals surface area contributed by atoms with Gasteiger partial charge in [0.1, 0.15) is 5.37 Å². The van der Waals surface area contributed by atoms with Crippen LogP contribution in [0.25, 0.3) is 0 Å². The minimum absolute atomic E-state index is 0.0274. The van der Waals surface area contributed by atoms with Crippen LogP contribution in [0.4, 0.5) is 13.2 Å². The summed E-state index contributed by atoms with van der Waals surface area (Å²) in [4.78, 5) is 0. The van der Waals surface area contributed by atoms with Crippen molar-refractivity contribution in [2.45, 2.75) is 50.6 Å². The summed E-state index contributed by atoms with van der Waals surface area (Å²) in [5.74, 6) is -0.125. The Labute approximate surface area is 94.1 Å². The highest BCUT2D eigenvalue weighted by molar-refractivity contribution is 7.91. The van der Waals surface area contributed by atoms with Crippen molar-refractivity contribution in [2.75, 3.05) is 5.75 Å². The van der Waals surface area contributed by atoms with Crippen LogP contribution in [0.1, 0.15) is 39.0 Å². The zero-order valence-corrected chi connectivity index (χ0v) is 10.1. The smallest absolute Gasteiger partial charge is 0.315 e. The SMILES string of the molecule is CCC(N)S(=O)(=O)CCCCCC(F)(F)F. The Bertz CT molecular complexity index is 288. The summed E-state index contributed by atoms with van der Waals surface area (Å²) in [6.45, 7) is 1.66. The van der Waals surface area contributed by atoms with Gasteiger partial charge in [0.25, 0.3) is 0 Å². The lowest BCUT2D eigenvalue weighted by molar-refractivity contribution is -0.135. The molecule has 0 aromatic rings. The predicted molar refractivity (Wildman–Crippen MR) is 56.6 cm³/mol. The Kier molecular flexibility index (Phi) is 6.32. The second kappa shape index (κ2) is 6.44. The highest BCUT2D eigenvalue weighted by Gasteiger charge is 2.26. The highest BCUT2D eigenvalue weighted by atomic mass is 32.2. The summed E-state index contributed by atoms with van der Waals surface area (Å²) in [6.07, 6.45) is -4.21. The number of sulfone groups is 1. The van der Waals surface area contributed by atoms with Crippen LogP contribution in [-0.4, -0.2) is 25.7 Å². The van der Waals surface area contributed by atoms with Crippen LogP contribution >= 0.6 is 0 Å². The molecule has 0 saturated heterocycles. The average Bonchev–Trinajstić information content (AvgIpc) is 2.14. The number of nitrogens with two attached hydrogens (primary N) is 1. The standard InChI is InChI=1S/C9H18F3NO2S/c1-2-8(13)16(14,15)7-5-3-4-6-9(10,11)12/h8H,2-7,13H2,1H3. The number of rotatable bonds is 7. The largest absolute Gasteiger partial charge is 0.389 e. The van der Waals surface area contributed by atoms with Crippen LogP contribution < -0.4 is 5.73 Å². The third-order valence-corrected chi connectivity index (χ3v) is 4.37. The van der Waals surface area contributed by atoms with Crippen molar-refractivity contribution < 1.29 is 21.6 Å². The van der Waals surface area contributed by atoms with E-state index in [-0.39, 0.29) is 25.0 Å². The van der Waals surface area contributed by atoms with Crippen LogP contribution in [0.3, 0.4) is 0 Å². The summed E-state index contributed by atoms with van der Waals surface area (Å²) in [5.41, 5.74) is 5.37. The minimum atomic E-state index is -4.15. The lowest BCUT2D eigenvalue weighted by Crippen LogP contribution is -2.31. The van der Waals surface area contributed by atoms with Gasteiger partial charge in [0.15, 0.2) is 9.84 Å².